The van der Waals surface area contributed by atoms with Gasteiger partial charge in [0.15, 0.2) is 0 Å². The molecule has 1 atom stereocenters. The van der Waals surface area contributed by atoms with Gasteiger partial charge in [-0.2, -0.15) is 5.10 Å². The first kappa shape index (κ1) is 18.7. The number of rotatable bonds is 3. The molecule has 1 aliphatic heterocycles. The molecule has 0 saturated heterocycles. The second kappa shape index (κ2) is 6.98. The van der Waals surface area contributed by atoms with Crippen molar-refractivity contribution in [3.05, 3.63) is 83.2 Å². The molecule has 0 radical (unpaired) electrons. The molecule has 4 aromatic heterocycles. The summed E-state index contributed by atoms with van der Waals surface area (Å²) in [5, 5.41) is 12.8. The number of fused-ring (bicyclic) bond motifs is 2. The molecular formula is C22H17F2N7O. The van der Waals surface area contributed by atoms with E-state index in [9.17, 15) is 8.78 Å². The van der Waals surface area contributed by atoms with Crippen molar-refractivity contribution in [3.63, 3.8) is 0 Å². The molecule has 1 aromatic carbocycles. The molecule has 0 spiro atoms. The van der Waals surface area contributed by atoms with Gasteiger partial charge in [0.1, 0.15) is 23.2 Å². The lowest BCUT2D eigenvalue weighted by Gasteiger charge is -2.32. The fourth-order valence-electron chi connectivity index (χ4n) is 4.23. The van der Waals surface area contributed by atoms with Crippen LogP contribution in [0.2, 0.25) is 0 Å². The topological polar surface area (TPSA) is 88.1 Å². The Morgan fingerprint density at radius 1 is 1.12 bits per heavy atom. The zero-order valence-corrected chi connectivity index (χ0v) is 17.0. The molecule has 1 unspecified atom stereocenters. The van der Waals surface area contributed by atoms with Gasteiger partial charge in [-0.05, 0) is 36.8 Å². The molecular weight excluding hydrogens is 416 g/mol. The van der Waals surface area contributed by atoms with Gasteiger partial charge >= 0.3 is 6.01 Å². The molecule has 1 aliphatic rings. The molecule has 160 valence electrons. The molecule has 8 nitrogen and oxygen atoms in total. The molecule has 0 saturated carbocycles. The number of halogens is 2. The predicted octanol–water partition coefficient (Wildman–Crippen LogP) is 3.85. The van der Waals surface area contributed by atoms with Gasteiger partial charge in [-0.1, -0.05) is 17.2 Å². The monoisotopic (exact) mass is 433 g/mol. The molecule has 6 rings (SSSR count). The summed E-state index contributed by atoms with van der Waals surface area (Å²) in [6, 6.07) is 9.30. The largest absolute Gasteiger partial charge is 0.403 e. The smallest absolute Gasteiger partial charge is 0.319 e. The van der Waals surface area contributed by atoms with Gasteiger partial charge in [0.05, 0.1) is 23.2 Å². The Bertz CT molecular complexity index is 1430. The molecule has 0 bridgehead atoms. The number of H-pyrrole nitrogens is 1. The standard InChI is InChI=1S/C22H17F2N7O/c1-12-4-3-8-31-17(12)10-16(29-31)20-19-15(25-11-26-19)7-9-30(20)22-28-27-21(32-22)18-13(23)5-2-6-14(18)24/h2-6,8,10-11,20H,7,9H2,1H3,(H,25,26). The fourth-order valence-corrected chi connectivity index (χ4v) is 4.23. The minimum atomic E-state index is -0.763. The summed E-state index contributed by atoms with van der Waals surface area (Å²) in [6.45, 7) is 2.56. The summed E-state index contributed by atoms with van der Waals surface area (Å²) >= 11 is 0. The van der Waals surface area contributed by atoms with Crippen LogP contribution in [0.1, 0.15) is 28.7 Å². The van der Waals surface area contributed by atoms with E-state index in [4.69, 9.17) is 9.52 Å². The lowest BCUT2D eigenvalue weighted by atomic mass is 10.00. The molecule has 0 amide bonds. The normalized spacial score (nSPS) is 16.0. The van der Waals surface area contributed by atoms with Crippen molar-refractivity contribution in [2.75, 3.05) is 11.4 Å². The Hall–Kier alpha value is -4.08. The highest BCUT2D eigenvalue weighted by Crippen LogP contribution is 2.37. The highest BCUT2D eigenvalue weighted by atomic mass is 19.1. The SMILES string of the molecule is Cc1cccn2nc(C3c4nc[nH]c4CCN3c3nnc(-c4c(F)cccc4F)o3)cc12. The zero-order valence-electron chi connectivity index (χ0n) is 17.0. The quantitative estimate of drug-likeness (QED) is 0.465. The van der Waals surface area contributed by atoms with E-state index in [1.165, 1.54) is 6.07 Å². The average Bonchev–Trinajstić information content (AvgIpc) is 3.52. The number of benzene rings is 1. The maximum absolute atomic E-state index is 14.2. The second-order valence-corrected chi connectivity index (χ2v) is 7.69. The van der Waals surface area contributed by atoms with Crippen LogP contribution < -0.4 is 4.90 Å². The number of nitrogens with zero attached hydrogens (tertiary/aromatic N) is 6. The highest BCUT2D eigenvalue weighted by Gasteiger charge is 2.36. The summed E-state index contributed by atoms with van der Waals surface area (Å²) in [4.78, 5) is 9.57. The van der Waals surface area contributed by atoms with Gasteiger partial charge in [-0.3, -0.25) is 0 Å². The first-order chi connectivity index (χ1) is 15.6. The summed E-state index contributed by atoms with van der Waals surface area (Å²) < 4.78 is 36.0. The number of aromatic amines is 1. The molecule has 32 heavy (non-hydrogen) atoms. The van der Waals surface area contributed by atoms with Crippen molar-refractivity contribution >= 4 is 11.5 Å². The van der Waals surface area contributed by atoms with E-state index in [0.29, 0.717) is 13.0 Å². The van der Waals surface area contributed by atoms with Gasteiger partial charge in [0.25, 0.3) is 5.89 Å². The molecule has 10 heteroatoms. The lowest BCUT2D eigenvalue weighted by Crippen LogP contribution is -2.36. The maximum atomic E-state index is 14.2. The predicted molar refractivity (Wildman–Crippen MR) is 111 cm³/mol. The number of anilines is 1. The Balaban J connectivity index is 1.47. The van der Waals surface area contributed by atoms with Crippen LogP contribution in [0, 0.1) is 18.6 Å². The Kier molecular flexibility index (Phi) is 4.07. The number of aromatic nitrogens is 6. The third-order valence-electron chi connectivity index (χ3n) is 5.77. The van der Waals surface area contributed by atoms with Crippen molar-refractivity contribution in [1.29, 1.82) is 0 Å². The number of nitrogens with one attached hydrogen (secondary N) is 1. The van der Waals surface area contributed by atoms with Gasteiger partial charge in [0.2, 0.25) is 0 Å². The van der Waals surface area contributed by atoms with Crippen molar-refractivity contribution in [2.24, 2.45) is 0 Å². The first-order valence-electron chi connectivity index (χ1n) is 10.1. The molecule has 5 aromatic rings. The van der Waals surface area contributed by atoms with Crippen LogP contribution >= 0.6 is 0 Å². The summed E-state index contributed by atoms with van der Waals surface area (Å²) in [7, 11) is 0. The fraction of sp³-hybridized carbons (Fsp3) is 0.182. The molecule has 0 fully saturated rings. The van der Waals surface area contributed by atoms with Crippen LogP contribution in [0.25, 0.3) is 17.0 Å². The van der Waals surface area contributed by atoms with Gasteiger partial charge < -0.3 is 14.3 Å². The Labute approximate surface area is 180 Å². The van der Waals surface area contributed by atoms with Crippen molar-refractivity contribution < 1.29 is 13.2 Å². The minimum absolute atomic E-state index is 0.148. The van der Waals surface area contributed by atoms with E-state index < -0.39 is 17.7 Å². The van der Waals surface area contributed by atoms with E-state index in [1.807, 2.05) is 40.7 Å². The van der Waals surface area contributed by atoms with E-state index >= 15 is 0 Å². The van der Waals surface area contributed by atoms with E-state index in [1.54, 1.807) is 6.33 Å². The Morgan fingerprint density at radius 2 is 1.97 bits per heavy atom. The van der Waals surface area contributed by atoms with Crippen LogP contribution in [0.15, 0.2) is 53.3 Å². The van der Waals surface area contributed by atoms with Gasteiger partial charge in [-0.25, -0.2) is 18.3 Å². The number of hydrogen-bond acceptors (Lipinski definition) is 6. The highest BCUT2D eigenvalue weighted by molar-refractivity contribution is 5.58. The number of aryl methyl sites for hydroxylation is 1. The average molecular weight is 433 g/mol. The van der Waals surface area contributed by atoms with Crippen LogP contribution in [-0.4, -0.2) is 36.3 Å². The lowest BCUT2D eigenvalue weighted by molar-refractivity contribution is 0.496. The van der Waals surface area contributed by atoms with Crippen LogP contribution in [0.5, 0.6) is 0 Å². The third-order valence-corrected chi connectivity index (χ3v) is 5.77. The van der Waals surface area contributed by atoms with Crippen LogP contribution in [0.4, 0.5) is 14.8 Å². The third kappa shape index (κ3) is 2.79. The van der Waals surface area contributed by atoms with Crippen molar-refractivity contribution in [1.82, 2.24) is 29.8 Å². The summed E-state index contributed by atoms with van der Waals surface area (Å²) in [6.07, 6.45) is 4.20. The zero-order chi connectivity index (χ0) is 21.8. The second-order valence-electron chi connectivity index (χ2n) is 7.69. The van der Waals surface area contributed by atoms with Crippen molar-refractivity contribution in [3.8, 4) is 11.5 Å². The van der Waals surface area contributed by atoms with E-state index in [0.717, 1.165) is 40.3 Å². The number of pyridine rings is 1. The molecule has 0 aliphatic carbocycles. The summed E-state index contributed by atoms with van der Waals surface area (Å²) in [5.74, 6) is -1.74. The Morgan fingerprint density at radius 3 is 2.78 bits per heavy atom. The van der Waals surface area contributed by atoms with E-state index in [-0.39, 0.29) is 17.5 Å². The van der Waals surface area contributed by atoms with Crippen molar-refractivity contribution in [2.45, 2.75) is 19.4 Å². The van der Waals surface area contributed by atoms with Gasteiger partial charge in [0, 0.05) is 24.9 Å². The maximum Gasteiger partial charge on any atom is 0.319 e. The van der Waals surface area contributed by atoms with Crippen LogP contribution in [0.3, 0.4) is 0 Å². The minimum Gasteiger partial charge on any atom is -0.403 e. The van der Waals surface area contributed by atoms with Crippen LogP contribution in [-0.2, 0) is 6.42 Å². The van der Waals surface area contributed by atoms with E-state index in [2.05, 4.69) is 20.2 Å². The molecule has 1 N–H and O–H groups in total. The summed E-state index contributed by atoms with van der Waals surface area (Å²) in [5.41, 5.74) is 4.28. The first-order valence-corrected chi connectivity index (χ1v) is 10.1. The number of hydrogen-bond donors (Lipinski definition) is 1. The van der Waals surface area contributed by atoms with Gasteiger partial charge in [-0.15, -0.1) is 5.10 Å². The number of imidazole rings is 1. The molecule has 5 heterocycles.